The molecule has 0 aromatic heterocycles. The zero-order chi connectivity index (χ0) is 16.1. The number of methoxy groups -OCH3 is 1. The summed E-state index contributed by atoms with van der Waals surface area (Å²) in [5.74, 6) is -0.367. The number of nitrogens with zero attached hydrogens (tertiary/aromatic N) is 1. The normalized spacial score (nSPS) is 10.6. The van der Waals surface area contributed by atoms with Gasteiger partial charge in [-0.3, -0.25) is 4.79 Å². The molecular weight excluding hydrogens is 352 g/mol. The van der Waals surface area contributed by atoms with Gasteiger partial charge in [0, 0.05) is 4.47 Å². The topological polar surface area (TPSA) is 91.2 Å². The molecule has 0 unspecified atom stereocenters. The van der Waals surface area contributed by atoms with Gasteiger partial charge in [0.1, 0.15) is 5.75 Å². The van der Waals surface area contributed by atoms with Crippen LogP contribution in [0.2, 0.25) is 0 Å². The number of nitrogens with one attached hydrogen (secondary N) is 1. The number of hydrogen-bond donors (Lipinski definition) is 3. The SMILES string of the molecule is COc1ccc(C=NNC(=O)c2cc(Br)ccc2O)cc1O. The summed E-state index contributed by atoms with van der Waals surface area (Å²) in [5.41, 5.74) is 2.98. The molecule has 0 fully saturated rings. The molecule has 7 heteroatoms. The molecule has 0 atom stereocenters. The van der Waals surface area contributed by atoms with Crippen LogP contribution in [0.3, 0.4) is 0 Å². The van der Waals surface area contributed by atoms with E-state index in [0.29, 0.717) is 15.8 Å². The number of carbonyl (C=O) groups is 1. The summed E-state index contributed by atoms with van der Waals surface area (Å²) >= 11 is 3.22. The Labute approximate surface area is 135 Å². The molecule has 2 rings (SSSR count). The fourth-order valence-electron chi connectivity index (χ4n) is 1.70. The standard InChI is InChI=1S/C15H13BrN2O4/c1-22-14-5-2-9(6-13(14)20)8-17-18-15(21)11-7-10(16)3-4-12(11)19/h2-8,19-20H,1H3,(H,18,21). The van der Waals surface area contributed by atoms with Gasteiger partial charge < -0.3 is 14.9 Å². The van der Waals surface area contributed by atoms with E-state index in [9.17, 15) is 15.0 Å². The van der Waals surface area contributed by atoms with E-state index in [2.05, 4.69) is 26.5 Å². The van der Waals surface area contributed by atoms with Crippen LogP contribution in [0, 0.1) is 0 Å². The molecule has 0 saturated heterocycles. The van der Waals surface area contributed by atoms with Crippen LogP contribution in [-0.4, -0.2) is 29.4 Å². The maximum Gasteiger partial charge on any atom is 0.275 e. The van der Waals surface area contributed by atoms with Crippen molar-refractivity contribution < 1.29 is 19.7 Å². The number of ether oxygens (including phenoxy) is 1. The number of aromatic hydroxyl groups is 2. The Bertz CT molecular complexity index is 731. The van der Waals surface area contributed by atoms with E-state index in [1.165, 1.54) is 31.5 Å². The van der Waals surface area contributed by atoms with Crippen molar-refractivity contribution in [1.82, 2.24) is 5.43 Å². The van der Waals surface area contributed by atoms with Crippen molar-refractivity contribution in [2.75, 3.05) is 7.11 Å². The van der Waals surface area contributed by atoms with Crippen molar-refractivity contribution in [3.05, 3.63) is 52.0 Å². The molecule has 22 heavy (non-hydrogen) atoms. The zero-order valence-electron chi connectivity index (χ0n) is 11.6. The maximum absolute atomic E-state index is 11.9. The average Bonchev–Trinajstić information content (AvgIpc) is 2.49. The lowest BCUT2D eigenvalue weighted by Crippen LogP contribution is -2.17. The highest BCUT2D eigenvalue weighted by Gasteiger charge is 2.10. The van der Waals surface area contributed by atoms with Crippen LogP contribution in [0.4, 0.5) is 0 Å². The molecule has 0 saturated carbocycles. The van der Waals surface area contributed by atoms with E-state index in [-0.39, 0.29) is 17.1 Å². The minimum absolute atomic E-state index is 0.0255. The monoisotopic (exact) mass is 364 g/mol. The van der Waals surface area contributed by atoms with Gasteiger partial charge in [0.05, 0.1) is 18.9 Å². The molecule has 3 N–H and O–H groups in total. The Morgan fingerprint density at radius 3 is 2.68 bits per heavy atom. The lowest BCUT2D eigenvalue weighted by molar-refractivity contribution is 0.0952. The maximum atomic E-state index is 11.9. The smallest absolute Gasteiger partial charge is 0.275 e. The fraction of sp³-hybridized carbons (Fsp3) is 0.0667. The predicted octanol–water partition coefficient (Wildman–Crippen LogP) is 2.63. The molecule has 0 radical (unpaired) electrons. The van der Waals surface area contributed by atoms with Crippen molar-refractivity contribution >= 4 is 28.1 Å². The molecule has 0 aliphatic heterocycles. The van der Waals surface area contributed by atoms with Gasteiger partial charge in [-0.05, 0) is 42.0 Å². The van der Waals surface area contributed by atoms with Crippen LogP contribution in [0.1, 0.15) is 15.9 Å². The largest absolute Gasteiger partial charge is 0.507 e. The van der Waals surface area contributed by atoms with E-state index in [4.69, 9.17) is 4.74 Å². The van der Waals surface area contributed by atoms with E-state index < -0.39 is 5.91 Å². The van der Waals surface area contributed by atoms with Crippen LogP contribution in [0.15, 0.2) is 46.0 Å². The Balaban J connectivity index is 2.07. The third kappa shape index (κ3) is 3.76. The molecule has 6 nitrogen and oxygen atoms in total. The minimum Gasteiger partial charge on any atom is -0.507 e. The van der Waals surface area contributed by atoms with Crippen LogP contribution >= 0.6 is 15.9 Å². The summed E-state index contributed by atoms with van der Waals surface area (Å²) in [6, 6.07) is 9.22. The summed E-state index contributed by atoms with van der Waals surface area (Å²) < 4.78 is 5.59. The number of amides is 1. The van der Waals surface area contributed by atoms with Gasteiger partial charge in [-0.2, -0.15) is 5.10 Å². The molecular formula is C15H13BrN2O4. The summed E-state index contributed by atoms with van der Waals surface area (Å²) in [7, 11) is 1.45. The number of phenols is 2. The number of hydrogen-bond acceptors (Lipinski definition) is 5. The second kappa shape index (κ2) is 6.95. The van der Waals surface area contributed by atoms with Crippen LogP contribution < -0.4 is 10.2 Å². The first kappa shape index (κ1) is 15.8. The third-order valence-corrected chi connectivity index (χ3v) is 3.28. The number of hydrazone groups is 1. The van der Waals surface area contributed by atoms with Gasteiger partial charge in [0.25, 0.3) is 5.91 Å². The molecule has 0 spiro atoms. The van der Waals surface area contributed by atoms with Crippen LogP contribution in [0.25, 0.3) is 0 Å². The highest BCUT2D eigenvalue weighted by atomic mass is 79.9. The quantitative estimate of drug-likeness (QED) is 0.574. The average molecular weight is 365 g/mol. The summed E-state index contributed by atoms with van der Waals surface area (Å²) in [6.07, 6.45) is 1.37. The Morgan fingerprint density at radius 2 is 2.00 bits per heavy atom. The third-order valence-electron chi connectivity index (χ3n) is 2.79. The molecule has 0 heterocycles. The van der Waals surface area contributed by atoms with Gasteiger partial charge in [-0.1, -0.05) is 15.9 Å². The summed E-state index contributed by atoms with van der Waals surface area (Å²) in [4.78, 5) is 11.9. The molecule has 1 amide bonds. The predicted molar refractivity (Wildman–Crippen MR) is 85.5 cm³/mol. The summed E-state index contributed by atoms with van der Waals surface area (Å²) in [5, 5.41) is 23.1. The Morgan fingerprint density at radius 1 is 1.23 bits per heavy atom. The number of halogens is 1. The summed E-state index contributed by atoms with van der Waals surface area (Å²) in [6.45, 7) is 0. The second-order valence-corrected chi connectivity index (χ2v) is 5.21. The number of benzene rings is 2. The first-order valence-electron chi connectivity index (χ1n) is 6.20. The van der Waals surface area contributed by atoms with Crippen molar-refractivity contribution in [1.29, 1.82) is 0 Å². The number of carbonyl (C=O) groups excluding carboxylic acids is 1. The fourth-order valence-corrected chi connectivity index (χ4v) is 2.06. The molecule has 114 valence electrons. The van der Waals surface area contributed by atoms with E-state index in [0.717, 1.165) is 0 Å². The van der Waals surface area contributed by atoms with Crippen molar-refractivity contribution in [3.63, 3.8) is 0 Å². The lowest BCUT2D eigenvalue weighted by Gasteiger charge is -2.04. The number of rotatable bonds is 4. The van der Waals surface area contributed by atoms with E-state index >= 15 is 0 Å². The van der Waals surface area contributed by atoms with Crippen molar-refractivity contribution in [3.8, 4) is 17.2 Å². The van der Waals surface area contributed by atoms with Crippen LogP contribution in [-0.2, 0) is 0 Å². The van der Waals surface area contributed by atoms with Crippen molar-refractivity contribution in [2.24, 2.45) is 5.10 Å². The molecule has 0 bridgehead atoms. The highest BCUT2D eigenvalue weighted by molar-refractivity contribution is 9.10. The Hall–Kier alpha value is -2.54. The molecule has 2 aromatic carbocycles. The first-order valence-corrected chi connectivity index (χ1v) is 6.99. The number of phenolic OH excluding ortho intramolecular Hbond substituents is 2. The van der Waals surface area contributed by atoms with Crippen LogP contribution in [0.5, 0.6) is 17.2 Å². The van der Waals surface area contributed by atoms with E-state index in [1.807, 2.05) is 0 Å². The first-order chi connectivity index (χ1) is 10.5. The Kier molecular flexibility index (Phi) is 5.00. The van der Waals surface area contributed by atoms with E-state index in [1.54, 1.807) is 18.2 Å². The van der Waals surface area contributed by atoms with Gasteiger partial charge in [-0.15, -0.1) is 0 Å². The second-order valence-electron chi connectivity index (χ2n) is 4.29. The lowest BCUT2D eigenvalue weighted by atomic mass is 10.2. The molecule has 2 aromatic rings. The van der Waals surface area contributed by atoms with Gasteiger partial charge >= 0.3 is 0 Å². The molecule has 0 aliphatic rings. The minimum atomic E-state index is -0.548. The van der Waals surface area contributed by atoms with Gasteiger partial charge in [0.15, 0.2) is 11.5 Å². The highest BCUT2D eigenvalue weighted by Crippen LogP contribution is 2.25. The zero-order valence-corrected chi connectivity index (χ0v) is 13.2. The van der Waals surface area contributed by atoms with Gasteiger partial charge in [0.2, 0.25) is 0 Å². The van der Waals surface area contributed by atoms with Crippen molar-refractivity contribution in [2.45, 2.75) is 0 Å². The molecule has 0 aliphatic carbocycles. The van der Waals surface area contributed by atoms with Gasteiger partial charge in [-0.25, -0.2) is 5.43 Å².